The van der Waals surface area contributed by atoms with E-state index in [1.165, 1.54) is 5.56 Å². The molecule has 4 nitrogen and oxygen atoms in total. The molecule has 1 atom stereocenters. The monoisotopic (exact) mass is 679 g/mol. The molecule has 1 unspecified atom stereocenters. The van der Waals surface area contributed by atoms with Crippen LogP contribution >= 0.6 is 7.80 Å². The molecule has 0 aliphatic rings. The van der Waals surface area contributed by atoms with Crippen molar-refractivity contribution < 1.29 is 18.8 Å². The van der Waals surface area contributed by atoms with E-state index in [0.717, 1.165) is 88.8 Å². The summed E-state index contributed by atoms with van der Waals surface area (Å²) >= 11 is 0. The van der Waals surface area contributed by atoms with Gasteiger partial charge in [-0.3, -0.25) is 0 Å². The van der Waals surface area contributed by atoms with E-state index in [1.54, 1.807) is 0 Å². The Bertz CT molecular complexity index is 1740. The second kappa shape index (κ2) is 17.8. The average Bonchev–Trinajstić information content (AvgIpc) is 3.07. The minimum Gasteiger partial charge on any atom is -0.492 e. The summed E-state index contributed by atoms with van der Waals surface area (Å²) in [7, 11) is -2.56. The fraction of sp³-hybridized carbons (Fsp3) is 0.432. The van der Waals surface area contributed by atoms with Crippen LogP contribution < -0.4 is 14.8 Å². The number of carbonyl (C=O) groups is 1. The lowest BCUT2D eigenvalue weighted by atomic mass is 9.87. The van der Waals surface area contributed by atoms with Gasteiger partial charge in [0.2, 0.25) is 5.30 Å². The number of hydrogen-bond acceptors (Lipinski definition) is 4. The number of carbonyl (C=O) groups excluding carboxylic acids is 1. The van der Waals surface area contributed by atoms with Gasteiger partial charge in [-0.15, -0.1) is 0 Å². The van der Waals surface area contributed by atoms with Crippen molar-refractivity contribution >= 4 is 18.6 Å². The lowest BCUT2D eigenvalue weighted by Crippen LogP contribution is -2.16. The summed E-state index contributed by atoms with van der Waals surface area (Å²) in [5.74, 6) is 1.67. The smallest absolute Gasteiger partial charge is 0.462 e. The van der Waals surface area contributed by atoms with Crippen LogP contribution in [0.1, 0.15) is 130 Å². The number of benzene rings is 4. The van der Waals surface area contributed by atoms with Gasteiger partial charge < -0.3 is 9.47 Å². The zero-order chi connectivity index (χ0) is 35.7. The van der Waals surface area contributed by atoms with Gasteiger partial charge in [-0.25, -0.2) is 4.79 Å². The Kier molecular flexibility index (Phi) is 13.8. The lowest BCUT2D eigenvalue weighted by Gasteiger charge is -2.24. The number of ether oxygens (including phenoxy) is 2. The van der Waals surface area contributed by atoms with Gasteiger partial charge in [-0.05, 0) is 78.8 Å². The predicted octanol–water partition coefficient (Wildman–Crippen LogP) is 12.6. The molecule has 0 aliphatic carbocycles. The number of hydrogen-bond donors (Lipinski definition) is 0. The van der Waals surface area contributed by atoms with Gasteiger partial charge >= 0.3 is 13.3 Å². The first-order valence-corrected chi connectivity index (χ1v) is 19.5. The van der Waals surface area contributed by atoms with Gasteiger partial charge in [0.1, 0.15) is 5.75 Å². The molecule has 0 saturated heterocycles. The van der Waals surface area contributed by atoms with Crippen molar-refractivity contribution in [1.82, 2.24) is 0 Å². The summed E-state index contributed by atoms with van der Waals surface area (Å²) < 4.78 is 28.6. The van der Waals surface area contributed by atoms with Crippen LogP contribution in [0.4, 0.5) is 0 Å². The molecule has 0 spiro atoms. The number of unbranched alkanes of at least 4 members (excludes halogenated alkanes) is 4. The molecule has 0 bridgehead atoms. The molecule has 0 amide bonds. The van der Waals surface area contributed by atoms with Gasteiger partial charge in [0.05, 0.1) is 24.3 Å². The molecular weight excluding hydrogens is 623 g/mol. The molecular formula is C44H56O4P+. The van der Waals surface area contributed by atoms with E-state index in [4.69, 9.17) is 9.47 Å². The van der Waals surface area contributed by atoms with Crippen LogP contribution in [0.3, 0.4) is 0 Å². The number of aryl methyl sites for hydroxylation is 3. The Morgan fingerprint density at radius 1 is 0.653 bits per heavy atom. The highest BCUT2D eigenvalue weighted by Crippen LogP contribution is 2.50. The topological polar surface area (TPSA) is 52.6 Å². The Morgan fingerprint density at radius 3 is 1.67 bits per heavy atom. The van der Waals surface area contributed by atoms with E-state index in [1.807, 2.05) is 51.1 Å². The van der Waals surface area contributed by atoms with E-state index >= 15 is 0 Å². The minimum absolute atomic E-state index is 0.209. The van der Waals surface area contributed by atoms with Crippen LogP contribution in [0.15, 0.2) is 66.7 Å². The molecule has 0 N–H and O–H groups in total. The van der Waals surface area contributed by atoms with Crippen LogP contribution in [-0.2, 0) is 4.57 Å². The third kappa shape index (κ3) is 8.89. The Labute approximate surface area is 296 Å². The molecule has 4 aromatic carbocycles. The quantitative estimate of drug-likeness (QED) is 0.0823. The van der Waals surface area contributed by atoms with Crippen LogP contribution in [0.2, 0.25) is 0 Å². The van der Waals surface area contributed by atoms with Gasteiger partial charge in [-0.1, -0.05) is 138 Å². The Balaban J connectivity index is 2.16. The minimum atomic E-state index is -2.56. The molecule has 0 heterocycles. The molecule has 4 aromatic rings. The Morgan fingerprint density at radius 2 is 1.14 bits per heavy atom. The first-order chi connectivity index (χ1) is 23.5. The lowest BCUT2D eigenvalue weighted by molar-refractivity contribution is 0.107. The number of rotatable bonds is 17. The maximum atomic E-state index is 14.9. The van der Waals surface area contributed by atoms with Gasteiger partial charge in [0.15, 0.2) is 5.75 Å². The highest BCUT2D eigenvalue weighted by Gasteiger charge is 2.41. The standard InChI is InChI=1S/C44H56O4P/c1-10-12-18-24-47-42-38(36-22-16-14-20-34(36)29(3)4)28-39(49(46)44(45)40-32(8)26-31(7)27-33(40)9)43(48-25-19-13-11-2)41(42)37-23-17-15-21-35(37)30(5)6/h14-17,20-23,26-30H,10-13,18-19,24-25H2,1-9H3/q+1. The zero-order valence-electron chi connectivity index (χ0n) is 31.2. The van der Waals surface area contributed by atoms with Crippen molar-refractivity contribution in [3.63, 3.8) is 0 Å². The summed E-state index contributed by atoms with van der Waals surface area (Å²) in [6.45, 7) is 20.0. The SMILES string of the molecule is CCCCCOc1c(-c2ccccc2C(C)C)cc([P+](=O)C(=O)c2c(C)cc(C)cc2C)c(OCCCCC)c1-c1ccccc1C(C)C. The summed E-state index contributed by atoms with van der Waals surface area (Å²) in [6.07, 6.45) is 5.98. The normalized spacial score (nSPS) is 11.7. The van der Waals surface area contributed by atoms with Crippen molar-refractivity contribution in [3.8, 4) is 33.8 Å². The van der Waals surface area contributed by atoms with E-state index in [9.17, 15) is 9.36 Å². The molecule has 4 rings (SSSR count). The fourth-order valence-electron chi connectivity index (χ4n) is 6.78. The Hall–Kier alpha value is -3.75. The molecule has 0 saturated carbocycles. The summed E-state index contributed by atoms with van der Waals surface area (Å²) in [4.78, 5) is 14.4. The van der Waals surface area contributed by atoms with Gasteiger partial charge in [0.25, 0.3) is 0 Å². The van der Waals surface area contributed by atoms with E-state index in [2.05, 4.69) is 77.9 Å². The summed E-state index contributed by atoms with van der Waals surface area (Å²) in [6, 6.07) is 22.7. The molecule has 0 aliphatic heterocycles. The fourth-order valence-corrected chi connectivity index (χ4v) is 8.16. The van der Waals surface area contributed by atoms with Crippen LogP contribution in [0, 0.1) is 20.8 Å². The van der Waals surface area contributed by atoms with Crippen molar-refractivity contribution in [2.45, 2.75) is 113 Å². The average molecular weight is 680 g/mol. The predicted molar refractivity (Wildman–Crippen MR) is 208 cm³/mol. The van der Waals surface area contributed by atoms with E-state index in [-0.39, 0.29) is 17.4 Å². The third-order valence-corrected chi connectivity index (χ3v) is 10.6. The highest BCUT2D eigenvalue weighted by atomic mass is 31.1. The van der Waals surface area contributed by atoms with Crippen LogP contribution in [-0.4, -0.2) is 18.7 Å². The van der Waals surface area contributed by atoms with Crippen molar-refractivity contribution in [2.75, 3.05) is 13.2 Å². The molecule has 0 fully saturated rings. The molecule has 260 valence electrons. The first kappa shape index (κ1) is 38.1. The second-order valence-corrected chi connectivity index (χ2v) is 15.4. The maximum absolute atomic E-state index is 14.9. The first-order valence-electron chi connectivity index (χ1n) is 18.3. The van der Waals surface area contributed by atoms with Gasteiger partial charge in [-0.2, -0.15) is 0 Å². The molecule has 49 heavy (non-hydrogen) atoms. The zero-order valence-corrected chi connectivity index (χ0v) is 32.1. The third-order valence-electron chi connectivity index (χ3n) is 9.22. The van der Waals surface area contributed by atoms with Crippen molar-refractivity contribution in [1.29, 1.82) is 0 Å². The van der Waals surface area contributed by atoms with Crippen LogP contribution in [0.5, 0.6) is 11.5 Å². The highest BCUT2D eigenvalue weighted by molar-refractivity contribution is 7.71. The van der Waals surface area contributed by atoms with Crippen molar-refractivity contribution in [3.05, 3.63) is 100 Å². The van der Waals surface area contributed by atoms with Crippen molar-refractivity contribution in [2.24, 2.45) is 0 Å². The largest absolute Gasteiger partial charge is 0.492 e. The molecule has 5 heteroatoms. The summed E-state index contributed by atoms with van der Waals surface area (Å²) in [5, 5.41) is 0.430. The van der Waals surface area contributed by atoms with E-state index in [0.29, 0.717) is 29.8 Å². The molecule has 0 aromatic heterocycles. The van der Waals surface area contributed by atoms with Crippen LogP contribution in [0.25, 0.3) is 22.3 Å². The molecule has 0 radical (unpaired) electrons. The second-order valence-electron chi connectivity index (χ2n) is 13.9. The summed E-state index contributed by atoms with van der Waals surface area (Å²) in [5.41, 5.74) is 8.85. The maximum Gasteiger partial charge on any atom is 0.462 e. The van der Waals surface area contributed by atoms with Gasteiger partial charge in [0, 0.05) is 11.6 Å². The van der Waals surface area contributed by atoms with E-state index < -0.39 is 7.80 Å².